The van der Waals surface area contributed by atoms with E-state index in [0.717, 1.165) is 8.45 Å². The summed E-state index contributed by atoms with van der Waals surface area (Å²) in [4.78, 5) is 24.1. The van der Waals surface area contributed by atoms with Crippen molar-refractivity contribution in [3.63, 3.8) is 0 Å². The summed E-state index contributed by atoms with van der Waals surface area (Å²) in [6.07, 6.45) is 0.202. The molecule has 2 rings (SSSR count). The molecule has 2 aromatic rings. The van der Waals surface area contributed by atoms with Crippen LogP contribution >= 0.6 is 33.9 Å². The predicted octanol–water partition coefficient (Wildman–Crippen LogP) is 3.08. The van der Waals surface area contributed by atoms with Gasteiger partial charge in [-0.05, 0) is 46.2 Å². The summed E-state index contributed by atoms with van der Waals surface area (Å²) in [6.45, 7) is -0.269. The summed E-state index contributed by atoms with van der Waals surface area (Å²) in [6, 6.07) is 11.1. The summed E-state index contributed by atoms with van der Waals surface area (Å²) in [5.41, 5.74) is 0.715. The van der Waals surface area contributed by atoms with Crippen LogP contribution in [-0.2, 0) is 20.7 Å². The topological polar surface area (TPSA) is 55.4 Å². The maximum Gasteiger partial charge on any atom is 0.311 e. The molecule has 0 radical (unpaired) electrons. The highest BCUT2D eigenvalue weighted by Gasteiger charge is 2.10. The zero-order valence-electron chi connectivity index (χ0n) is 10.5. The van der Waals surface area contributed by atoms with Gasteiger partial charge in [-0.1, -0.05) is 18.2 Å². The van der Waals surface area contributed by atoms with E-state index < -0.39 is 5.97 Å². The number of para-hydroxylation sites is 1. The Labute approximate surface area is 134 Å². The molecule has 0 fully saturated rings. The summed E-state index contributed by atoms with van der Waals surface area (Å²) in [5.74, 6) is -0.737. The first-order chi connectivity index (χ1) is 9.65. The smallest absolute Gasteiger partial charge is 0.311 e. The second-order valence-electron chi connectivity index (χ2n) is 3.94. The first-order valence-corrected chi connectivity index (χ1v) is 7.83. The number of rotatable bonds is 5. The Kier molecular flexibility index (Phi) is 5.54. The van der Waals surface area contributed by atoms with Crippen LogP contribution in [0.4, 0.5) is 5.69 Å². The van der Waals surface area contributed by atoms with E-state index in [1.54, 1.807) is 6.07 Å². The van der Waals surface area contributed by atoms with E-state index in [1.807, 2.05) is 35.7 Å². The third kappa shape index (κ3) is 4.61. The Morgan fingerprint density at radius 3 is 2.70 bits per heavy atom. The van der Waals surface area contributed by atoms with Crippen LogP contribution in [0.2, 0.25) is 0 Å². The number of carbonyl (C=O) groups excluding carboxylic acids is 2. The number of hydrogen-bond acceptors (Lipinski definition) is 4. The van der Waals surface area contributed by atoms with Gasteiger partial charge in [-0.15, -0.1) is 11.3 Å². The number of halogens is 1. The van der Waals surface area contributed by atoms with Crippen molar-refractivity contribution < 1.29 is 14.3 Å². The summed E-state index contributed by atoms with van der Waals surface area (Å²) in [7, 11) is 0. The van der Waals surface area contributed by atoms with E-state index in [2.05, 4.69) is 27.9 Å². The molecule has 1 N–H and O–H groups in total. The van der Waals surface area contributed by atoms with E-state index in [9.17, 15) is 9.59 Å². The monoisotopic (exact) mass is 401 g/mol. The van der Waals surface area contributed by atoms with Crippen molar-refractivity contribution in [2.45, 2.75) is 6.42 Å². The molecule has 0 aliphatic heterocycles. The molecular formula is C14H12INO3S. The third-order valence-electron chi connectivity index (χ3n) is 2.41. The van der Waals surface area contributed by atoms with Crippen LogP contribution in [0.1, 0.15) is 4.88 Å². The predicted molar refractivity (Wildman–Crippen MR) is 86.8 cm³/mol. The first kappa shape index (κ1) is 15.0. The Balaban J connectivity index is 1.78. The average molecular weight is 401 g/mol. The minimum atomic E-state index is -0.398. The maximum atomic E-state index is 11.7. The summed E-state index contributed by atoms with van der Waals surface area (Å²) in [5, 5.41) is 4.60. The molecule has 1 aromatic heterocycles. The van der Waals surface area contributed by atoms with Gasteiger partial charge in [0, 0.05) is 8.45 Å². The Morgan fingerprint density at radius 2 is 2.00 bits per heavy atom. The molecule has 0 saturated heterocycles. The van der Waals surface area contributed by atoms with Crippen LogP contribution < -0.4 is 5.32 Å². The molecule has 4 nitrogen and oxygen atoms in total. The highest BCUT2D eigenvalue weighted by Crippen LogP contribution is 2.16. The largest absolute Gasteiger partial charge is 0.455 e. The number of benzene rings is 1. The zero-order chi connectivity index (χ0) is 14.4. The van der Waals surface area contributed by atoms with Gasteiger partial charge < -0.3 is 10.1 Å². The van der Waals surface area contributed by atoms with Crippen molar-refractivity contribution in [1.82, 2.24) is 0 Å². The number of amides is 1. The van der Waals surface area contributed by atoms with Gasteiger partial charge >= 0.3 is 5.97 Å². The molecule has 0 bridgehead atoms. The highest BCUT2D eigenvalue weighted by atomic mass is 127. The number of carbonyl (C=O) groups is 2. The standard InChI is InChI=1S/C14H12INO3S/c15-11-5-1-2-6-12(11)16-13(17)9-19-14(18)8-10-4-3-7-20-10/h1-7H,8-9H2,(H,16,17). The zero-order valence-corrected chi connectivity index (χ0v) is 13.4. The average Bonchev–Trinajstić information content (AvgIpc) is 2.92. The number of hydrogen-bond donors (Lipinski definition) is 1. The van der Waals surface area contributed by atoms with E-state index >= 15 is 0 Å². The van der Waals surface area contributed by atoms with Crippen molar-refractivity contribution in [3.05, 3.63) is 50.2 Å². The summed E-state index contributed by atoms with van der Waals surface area (Å²) >= 11 is 3.62. The molecule has 6 heteroatoms. The van der Waals surface area contributed by atoms with Gasteiger partial charge in [0.05, 0.1) is 12.1 Å². The quantitative estimate of drug-likeness (QED) is 0.619. The molecule has 0 spiro atoms. The van der Waals surface area contributed by atoms with Crippen molar-refractivity contribution in [2.24, 2.45) is 0 Å². The van der Waals surface area contributed by atoms with Crippen LogP contribution in [0, 0.1) is 3.57 Å². The molecule has 0 unspecified atom stereocenters. The van der Waals surface area contributed by atoms with Crippen LogP contribution in [0.3, 0.4) is 0 Å². The fourth-order valence-corrected chi connectivity index (χ4v) is 2.71. The highest BCUT2D eigenvalue weighted by molar-refractivity contribution is 14.1. The molecule has 1 aromatic carbocycles. The molecule has 1 heterocycles. The Morgan fingerprint density at radius 1 is 1.20 bits per heavy atom. The van der Waals surface area contributed by atoms with E-state index in [1.165, 1.54) is 11.3 Å². The summed E-state index contributed by atoms with van der Waals surface area (Å²) < 4.78 is 5.88. The lowest BCUT2D eigenvalue weighted by molar-refractivity contribution is -0.146. The SMILES string of the molecule is O=C(COC(=O)Cc1cccs1)Nc1ccccc1I. The van der Waals surface area contributed by atoms with Gasteiger partial charge in [0.2, 0.25) is 0 Å². The van der Waals surface area contributed by atoms with Crippen LogP contribution in [-0.4, -0.2) is 18.5 Å². The van der Waals surface area contributed by atoms with Gasteiger partial charge in [-0.2, -0.15) is 0 Å². The van der Waals surface area contributed by atoms with E-state index in [0.29, 0.717) is 5.69 Å². The van der Waals surface area contributed by atoms with Gasteiger partial charge in [-0.25, -0.2) is 0 Å². The van der Waals surface area contributed by atoms with Gasteiger partial charge in [0.15, 0.2) is 6.61 Å². The van der Waals surface area contributed by atoms with Crippen LogP contribution in [0.15, 0.2) is 41.8 Å². The van der Waals surface area contributed by atoms with Gasteiger partial charge in [-0.3, -0.25) is 9.59 Å². The molecule has 20 heavy (non-hydrogen) atoms. The number of ether oxygens (including phenoxy) is 1. The van der Waals surface area contributed by atoms with Crippen molar-refractivity contribution in [3.8, 4) is 0 Å². The first-order valence-electron chi connectivity index (χ1n) is 5.87. The lowest BCUT2D eigenvalue weighted by atomic mass is 10.3. The molecule has 0 aliphatic rings. The molecule has 104 valence electrons. The fraction of sp³-hybridized carbons (Fsp3) is 0.143. The normalized spacial score (nSPS) is 10.1. The maximum absolute atomic E-state index is 11.7. The minimum Gasteiger partial charge on any atom is -0.455 e. The molecular weight excluding hydrogens is 389 g/mol. The number of anilines is 1. The number of nitrogens with one attached hydrogen (secondary N) is 1. The van der Waals surface area contributed by atoms with Crippen molar-refractivity contribution in [2.75, 3.05) is 11.9 Å². The lowest BCUT2D eigenvalue weighted by Crippen LogP contribution is -2.21. The van der Waals surface area contributed by atoms with Crippen molar-refractivity contribution in [1.29, 1.82) is 0 Å². The minimum absolute atomic E-state index is 0.202. The number of esters is 1. The Bertz CT molecular complexity index is 598. The van der Waals surface area contributed by atoms with Gasteiger partial charge in [0.25, 0.3) is 5.91 Å². The van der Waals surface area contributed by atoms with Crippen molar-refractivity contribution >= 4 is 51.5 Å². The fourth-order valence-electron chi connectivity index (χ4n) is 1.50. The number of thiophene rings is 1. The second kappa shape index (κ2) is 7.39. The molecule has 0 atom stereocenters. The van der Waals surface area contributed by atoms with E-state index in [-0.39, 0.29) is 18.9 Å². The van der Waals surface area contributed by atoms with Crippen LogP contribution in [0.5, 0.6) is 0 Å². The van der Waals surface area contributed by atoms with Gasteiger partial charge in [0.1, 0.15) is 0 Å². The van der Waals surface area contributed by atoms with E-state index in [4.69, 9.17) is 4.74 Å². The molecule has 0 saturated carbocycles. The molecule has 0 aliphatic carbocycles. The lowest BCUT2D eigenvalue weighted by Gasteiger charge is -2.07. The molecule has 1 amide bonds. The van der Waals surface area contributed by atoms with Crippen LogP contribution in [0.25, 0.3) is 0 Å². The third-order valence-corrected chi connectivity index (χ3v) is 4.23. The second-order valence-corrected chi connectivity index (χ2v) is 6.14. The Hall–Kier alpha value is -1.41.